The smallest absolute Gasteiger partial charge is 0.321 e. The van der Waals surface area contributed by atoms with Crippen molar-refractivity contribution >= 4 is 27.6 Å². The lowest BCUT2D eigenvalue weighted by atomic mass is 10.2. The second-order valence-electron chi connectivity index (χ2n) is 3.54. The second-order valence-corrected chi connectivity index (χ2v) is 5.63. The molecule has 0 aliphatic carbocycles. The van der Waals surface area contributed by atoms with E-state index in [-0.39, 0.29) is 4.90 Å². The van der Waals surface area contributed by atoms with Gasteiger partial charge in [0.25, 0.3) is 0 Å². The zero-order valence-corrected chi connectivity index (χ0v) is 10.8. The lowest BCUT2D eigenvalue weighted by Gasteiger charge is -2.12. The highest BCUT2D eigenvalue weighted by atomic mass is 35.5. The van der Waals surface area contributed by atoms with Crippen molar-refractivity contribution in [1.82, 2.24) is 4.72 Å². The van der Waals surface area contributed by atoms with Crippen LogP contribution in [-0.4, -0.2) is 25.5 Å². The molecule has 2 N–H and O–H groups in total. The Morgan fingerprint density at radius 2 is 2.06 bits per heavy atom. The number of hydrogen-bond acceptors (Lipinski definition) is 3. The molecule has 1 aromatic rings. The first-order chi connectivity index (χ1) is 7.75. The van der Waals surface area contributed by atoms with Crippen molar-refractivity contribution in [3.8, 4) is 0 Å². The molecule has 7 heteroatoms. The molecule has 1 aromatic carbocycles. The summed E-state index contributed by atoms with van der Waals surface area (Å²) in [6.45, 7) is 2.81. The van der Waals surface area contributed by atoms with E-state index in [1.807, 2.05) is 0 Å². The van der Waals surface area contributed by atoms with Crippen LogP contribution in [0.5, 0.6) is 0 Å². The normalized spacial score (nSPS) is 13.4. The molecule has 5 nitrogen and oxygen atoms in total. The van der Waals surface area contributed by atoms with E-state index < -0.39 is 22.0 Å². The number of carboxylic acid groups (broad SMARTS) is 1. The number of halogens is 1. The Morgan fingerprint density at radius 3 is 2.59 bits per heavy atom. The maximum absolute atomic E-state index is 11.9. The minimum absolute atomic E-state index is 0.0156. The summed E-state index contributed by atoms with van der Waals surface area (Å²) in [5.41, 5.74) is 0.388. The topological polar surface area (TPSA) is 83.5 Å². The number of carboxylic acids is 1. The van der Waals surface area contributed by atoms with Crippen LogP contribution in [0.4, 0.5) is 0 Å². The molecule has 0 aliphatic heterocycles. The van der Waals surface area contributed by atoms with Crippen LogP contribution < -0.4 is 4.72 Å². The summed E-state index contributed by atoms with van der Waals surface area (Å²) in [4.78, 5) is 10.6. The summed E-state index contributed by atoms with van der Waals surface area (Å²) in [6, 6.07) is 3.24. The van der Waals surface area contributed by atoms with E-state index in [1.165, 1.54) is 19.1 Å². The standard InChI is InChI=1S/C10H12ClNO4S/c1-6-8(11)4-3-5-9(6)17(15,16)12-7(2)10(13)14/h3-5,7,12H,1-2H3,(H,13,14)/t7-/m1/s1. The molecule has 94 valence electrons. The van der Waals surface area contributed by atoms with Gasteiger partial charge in [0.2, 0.25) is 10.0 Å². The average Bonchev–Trinajstić information content (AvgIpc) is 2.21. The number of hydrogen-bond donors (Lipinski definition) is 2. The van der Waals surface area contributed by atoms with Crippen molar-refractivity contribution < 1.29 is 18.3 Å². The van der Waals surface area contributed by atoms with E-state index in [9.17, 15) is 13.2 Å². The molecule has 0 spiro atoms. The van der Waals surface area contributed by atoms with E-state index in [2.05, 4.69) is 4.72 Å². The van der Waals surface area contributed by atoms with Crippen LogP contribution in [-0.2, 0) is 14.8 Å². The Hall–Kier alpha value is -1.11. The summed E-state index contributed by atoms with van der Waals surface area (Å²) in [5, 5.41) is 8.98. The highest BCUT2D eigenvalue weighted by molar-refractivity contribution is 7.89. The molecule has 0 radical (unpaired) electrons. The third kappa shape index (κ3) is 3.18. The first kappa shape index (κ1) is 14.0. The van der Waals surface area contributed by atoms with Gasteiger partial charge < -0.3 is 5.11 Å². The molecule has 17 heavy (non-hydrogen) atoms. The number of aliphatic carboxylic acids is 1. The largest absolute Gasteiger partial charge is 0.480 e. The predicted molar refractivity (Wildman–Crippen MR) is 63.6 cm³/mol. The highest BCUT2D eigenvalue weighted by Crippen LogP contribution is 2.22. The van der Waals surface area contributed by atoms with E-state index in [4.69, 9.17) is 16.7 Å². The maximum Gasteiger partial charge on any atom is 0.321 e. The van der Waals surface area contributed by atoms with Crippen molar-refractivity contribution in [3.63, 3.8) is 0 Å². The monoisotopic (exact) mass is 277 g/mol. The third-order valence-corrected chi connectivity index (χ3v) is 4.30. The van der Waals surface area contributed by atoms with Gasteiger partial charge in [-0.3, -0.25) is 4.79 Å². The summed E-state index contributed by atoms with van der Waals surface area (Å²) >= 11 is 5.81. The van der Waals surface area contributed by atoms with Crippen LogP contribution >= 0.6 is 11.6 Å². The molecule has 0 aromatic heterocycles. The van der Waals surface area contributed by atoms with Gasteiger partial charge in [0.05, 0.1) is 4.90 Å². The van der Waals surface area contributed by atoms with Crippen molar-refractivity contribution in [2.75, 3.05) is 0 Å². The van der Waals surface area contributed by atoms with Gasteiger partial charge >= 0.3 is 5.97 Å². The molecule has 0 amide bonds. The highest BCUT2D eigenvalue weighted by Gasteiger charge is 2.23. The van der Waals surface area contributed by atoms with Crippen LogP contribution in [0.25, 0.3) is 0 Å². The Kier molecular flexibility index (Phi) is 4.13. The van der Waals surface area contributed by atoms with Gasteiger partial charge in [0, 0.05) is 5.02 Å². The minimum atomic E-state index is -3.87. The predicted octanol–water partition coefficient (Wildman–Crippen LogP) is 1.40. The summed E-state index contributed by atoms with van der Waals surface area (Å²) in [5.74, 6) is -1.24. The van der Waals surface area contributed by atoms with Crippen molar-refractivity contribution in [1.29, 1.82) is 0 Å². The molecular weight excluding hydrogens is 266 g/mol. The van der Waals surface area contributed by atoms with Crippen molar-refractivity contribution in [2.24, 2.45) is 0 Å². The number of benzene rings is 1. The minimum Gasteiger partial charge on any atom is -0.480 e. The Labute approximate surface area is 104 Å². The Balaban J connectivity index is 3.14. The molecular formula is C10H12ClNO4S. The lowest BCUT2D eigenvalue weighted by molar-refractivity contribution is -0.138. The molecule has 0 saturated heterocycles. The Morgan fingerprint density at radius 1 is 1.47 bits per heavy atom. The maximum atomic E-state index is 11.9. The molecule has 0 aliphatic rings. The zero-order valence-electron chi connectivity index (χ0n) is 9.27. The molecule has 0 fully saturated rings. The lowest BCUT2D eigenvalue weighted by Crippen LogP contribution is -2.38. The molecule has 0 heterocycles. The number of sulfonamides is 1. The number of rotatable bonds is 4. The third-order valence-electron chi connectivity index (χ3n) is 2.21. The molecule has 0 unspecified atom stereocenters. The fourth-order valence-corrected chi connectivity index (χ4v) is 2.92. The average molecular weight is 278 g/mol. The van der Waals surface area contributed by atoms with E-state index in [1.54, 1.807) is 13.0 Å². The van der Waals surface area contributed by atoms with Gasteiger partial charge in [0.1, 0.15) is 6.04 Å². The molecule has 0 saturated carbocycles. The Bertz CT molecular complexity index is 541. The van der Waals surface area contributed by atoms with Gasteiger partial charge in [0.15, 0.2) is 0 Å². The summed E-state index contributed by atoms with van der Waals surface area (Å²) in [6.07, 6.45) is 0. The zero-order chi connectivity index (χ0) is 13.2. The summed E-state index contributed by atoms with van der Waals surface area (Å²) < 4.78 is 25.8. The second kappa shape index (κ2) is 5.03. The van der Waals surface area contributed by atoms with Gasteiger partial charge in [-0.15, -0.1) is 0 Å². The number of nitrogens with one attached hydrogen (secondary N) is 1. The molecule has 1 rings (SSSR count). The number of carbonyl (C=O) groups is 1. The van der Waals surface area contributed by atoms with Crippen LogP contribution in [0.15, 0.2) is 23.1 Å². The molecule has 1 atom stereocenters. The van der Waals surface area contributed by atoms with Gasteiger partial charge in [-0.25, -0.2) is 8.42 Å². The van der Waals surface area contributed by atoms with E-state index in [0.29, 0.717) is 10.6 Å². The first-order valence-corrected chi connectivity index (χ1v) is 6.62. The van der Waals surface area contributed by atoms with Crippen molar-refractivity contribution in [2.45, 2.75) is 24.8 Å². The van der Waals surface area contributed by atoms with Crippen LogP contribution in [0.1, 0.15) is 12.5 Å². The SMILES string of the molecule is Cc1c(Cl)cccc1S(=O)(=O)N[C@H](C)C(=O)O. The quantitative estimate of drug-likeness (QED) is 0.871. The fourth-order valence-electron chi connectivity index (χ4n) is 1.23. The van der Waals surface area contributed by atoms with Crippen LogP contribution in [0.2, 0.25) is 5.02 Å². The summed E-state index contributed by atoms with van der Waals surface area (Å²) in [7, 11) is -3.87. The van der Waals surface area contributed by atoms with Crippen LogP contribution in [0, 0.1) is 6.92 Å². The van der Waals surface area contributed by atoms with Gasteiger partial charge in [-0.1, -0.05) is 17.7 Å². The molecule has 0 bridgehead atoms. The van der Waals surface area contributed by atoms with Gasteiger partial charge in [-0.2, -0.15) is 4.72 Å². The first-order valence-electron chi connectivity index (χ1n) is 4.76. The van der Waals surface area contributed by atoms with E-state index >= 15 is 0 Å². The van der Waals surface area contributed by atoms with E-state index in [0.717, 1.165) is 0 Å². The van der Waals surface area contributed by atoms with Crippen LogP contribution in [0.3, 0.4) is 0 Å². The van der Waals surface area contributed by atoms with Gasteiger partial charge in [-0.05, 0) is 31.5 Å². The van der Waals surface area contributed by atoms with Crippen molar-refractivity contribution in [3.05, 3.63) is 28.8 Å². The fraction of sp³-hybridized carbons (Fsp3) is 0.300.